The minimum Gasteiger partial charge on any atom is -0.298 e. The van der Waals surface area contributed by atoms with Gasteiger partial charge in [-0.1, -0.05) is 30.3 Å². The molecule has 0 aliphatic carbocycles. The van der Waals surface area contributed by atoms with Crippen molar-refractivity contribution in [1.82, 2.24) is 10.2 Å². The number of rotatable bonds is 5. The first-order chi connectivity index (χ1) is 10.1. The molecule has 1 atom stereocenters. The Morgan fingerprint density at radius 2 is 1.95 bits per heavy atom. The van der Waals surface area contributed by atoms with Crippen LogP contribution in [0.5, 0.6) is 0 Å². The molecule has 5 heteroatoms. The lowest BCUT2D eigenvalue weighted by molar-refractivity contribution is 0.218. The molecule has 1 aliphatic heterocycles. The van der Waals surface area contributed by atoms with Crippen molar-refractivity contribution in [2.45, 2.75) is 25.4 Å². The van der Waals surface area contributed by atoms with E-state index in [1.165, 1.54) is 0 Å². The van der Waals surface area contributed by atoms with Gasteiger partial charge in [-0.3, -0.25) is 14.4 Å². The lowest BCUT2D eigenvalue weighted by Gasteiger charge is -2.37. The van der Waals surface area contributed by atoms with Crippen molar-refractivity contribution >= 4 is 10.8 Å². The first-order valence-electron chi connectivity index (χ1n) is 7.37. The smallest absolute Gasteiger partial charge is 0.145 e. The zero-order chi connectivity index (χ0) is 15.3. The standard InChI is InChI=1S/C16H23N3OS/c1-14(2)18-16(12-17,15-6-4-3-5-7-15)13-19-8-10-21(20)11-9-19/h3-7,14,18H,8-11,13H2,1-2H3. The van der Waals surface area contributed by atoms with E-state index >= 15 is 0 Å². The minimum atomic E-state index is -0.714. The van der Waals surface area contributed by atoms with Gasteiger partial charge < -0.3 is 0 Å². The van der Waals surface area contributed by atoms with E-state index in [9.17, 15) is 9.47 Å². The number of nitrogens with zero attached hydrogens (tertiary/aromatic N) is 2. The third-order valence-corrected chi connectivity index (χ3v) is 5.00. The van der Waals surface area contributed by atoms with Crippen LogP contribution in [0.2, 0.25) is 0 Å². The molecule has 1 heterocycles. The van der Waals surface area contributed by atoms with Crippen LogP contribution in [0.25, 0.3) is 0 Å². The van der Waals surface area contributed by atoms with Crippen molar-refractivity contribution in [3.63, 3.8) is 0 Å². The van der Waals surface area contributed by atoms with E-state index in [2.05, 4.69) is 30.1 Å². The van der Waals surface area contributed by atoms with Crippen molar-refractivity contribution in [2.75, 3.05) is 31.1 Å². The highest BCUT2D eigenvalue weighted by atomic mass is 32.2. The van der Waals surface area contributed by atoms with Crippen molar-refractivity contribution in [2.24, 2.45) is 0 Å². The summed E-state index contributed by atoms with van der Waals surface area (Å²) in [5.74, 6) is 1.41. The van der Waals surface area contributed by atoms with Gasteiger partial charge in [-0.05, 0) is 19.4 Å². The molecule has 0 aromatic heterocycles. The topological polar surface area (TPSA) is 56.1 Å². The predicted molar refractivity (Wildman–Crippen MR) is 86.3 cm³/mol. The van der Waals surface area contributed by atoms with Gasteiger partial charge in [0.1, 0.15) is 5.54 Å². The van der Waals surface area contributed by atoms with Crippen LogP contribution in [-0.2, 0) is 16.3 Å². The molecule has 1 fully saturated rings. The van der Waals surface area contributed by atoms with Gasteiger partial charge in [-0.25, -0.2) is 0 Å². The van der Waals surface area contributed by atoms with Crippen LogP contribution in [0.4, 0.5) is 0 Å². The molecular weight excluding hydrogens is 282 g/mol. The maximum absolute atomic E-state index is 11.5. The van der Waals surface area contributed by atoms with E-state index in [0.717, 1.165) is 18.7 Å². The minimum absolute atomic E-state index is 0.212. The summed E-state index contributed by atoms with van der Waals surface area (Å²) in [4.78, 5) is 2.24. The molecule has 0 spiro atoms. The number of hydrogen-bond acceptors (Lipinski definition) is 4. The second-order valence-corrected chi connectivity index (χ2v) is 7.50. The van der Waals surface area contributed by atoms with Crippen LogP contribution in [0.3, 0.4) is 0 Å². The van der Waals surface area contributed by atoms with E-state index in [1.807, 2.05) is 30.3 Å². The van der Waals surface area contributed by atoms with Crippen molar-refractivity contribution in [3.8, 4) is 6.07 Å². The zero-order valence-electron chi connectivity index (χ0n) is 12.7. The third-order valence-electron chi connectivity index (χ3n) is 3.72. The van der Waals surface area contributed by atoms with E-state index in [-0.39, 0.29) is 6.04 Å². The van der Waals surface area contributed by atoms with E-state index < -0.39 is 16.3 Å². The highest BCUT2D eigenvalue weighted by molar-refractivity contribution is 7.85. The Labute approximate surface area is 129 Å². The van der Waals surface area contributed by atoms with Crippen molar-refractivity contribution in [3.05, 3.63) is 35.9 Å². The largest absolute Gasteiger partial charge is 0.298 e. The quantitative estimate of drug-likeness (QED) is 0.895. The fraction of sp³-hybridized carbons (Fsp3) is 0.562. The second kappa shape index (κ2) is 7.17. The molecule has 0 amide bonds. The van der Waals surface area contributed by atoms with Crippen LogP contribution in [0.15, 0.2) is 30.3 Å². The average molecular weight is 305 g/mol. The first-order valence-corrected chi connectivity index (χ1v) is 8.86. The summed E-state index contributed by atoms with van der Waals surface area (Å²) < 4.78 is 11.5. The zero-order valence-corrected chi connectivity index (χ0v) is 13.5. The molecule has 114 valence electrons. The molecule has 0 saturated carbocycles. The summed E-state index contributed by atoms with van der Waals surface area (Å²) in [6.45, 7) is 6.33. The lowest BCUT2D eigenvalue weighted by Crippen LogP contribution is -2.54. The second-order valence-electron chi connectivity index (χ2n) is 5.81. The van der Waals surface area contributed by atoms with Crippen molar-refractivity contribution < 1.29 is 4.21 Å². The Hall–Kier alpha value is -1.22. The van der Waals surface area contributed by atoms with Crippen LogP contribution in [0, 0.1) is 11.3 Å². The number of hydrogen-bond donors (Lipinski definition) is 1. The molecule has 1 aromatic carbocycles. The molecule has 4 nitrogen and oxygen atoms in total. The molecule has 1 saturated heterocycles. The van der Waals surface area contributed by atoms with Gasteiger partial charge in [0.25, 0.3) is 0 Å². The molecule has 1 N–H and O–H groups in total. The van der Waals surface area contributed by atoms with Gasteiger partial charge in [0.05, 0.1) is 6.07 Å². The maximum Gasteiger partial charge on any atom is 0.145 e. The fourth-order valence-electron chi connectivity index (χ4n) is 2.74. The van der Waals surface area contributed by atoms with Gasteiger partial charge in [0.15, 0.2) is 0 Å². The summed E-state index contributed by atoms with van der Waals surface area (Å²) in [6, 6.07) is 12.6. The molecular formula is C16H23N3OS. The van der Waals surface area contributed by atoms with Crippen LogP contribution < -0.4 is 5.32 Å². The van der Waals surface area contributed by atoms with Gasteiger partial charge >= 0.3 is 0 Å². The fourth-order valence-corrected chi connectivity index (χ4v) is 3.86. The molecule has 21 heavy (non-hydrogen) atoms. The van der Waals surface area contributed by atoms with Crippen molar-refractivity contribution in [1.29, 1.82) is 5.26 Å². The van der Waals surface area contributed by atoms with E-state index in [4.69, 9.17) is 0 Å². The van der Waals surface area contributed by atoms with Gasteiger partial charge in [-0.2, -0.15) is 5.26 Å². The molecule has 1 unspecified atom stereocenters. The molecule has 2 rings (SSSR count). The maximum atomic E-state index is 11.5. The Morgan fingerprint density at radius 3 is 2.48 bits per heavy atom. The first kappa shape index (κ1) is 16.2. The number of benzene rings is 1. The third kappa shape index (κ3) is 4.13. The van der Waals surface area contributed by atoms with Crippen LogP contribution in [-0.4, -0.2) is 46.3 Å². The number of nitrogens with one attached hydrogen (secondary N) is 1. The Bertz CT molecular complexity index is 516. The normalized spacial score (nSPS) is 20.1. The van der Waals surface area contributed by atoms with Gasteiger partial charge in [0.2, 0.25) is 0 Å². The average Bonchev–Trinajstić information content (AvgIpc) is 2.49. The van der Waals surface area contributed by atoms with Crippen LogP contribution >= 0.6 is 0 Å². The predicted octanol–water partition coefficient (Wildman–Crippen LogP) is 1.47. The molecule has 0 bridgehead atoms. The number of nitriles is 1. The SMILES string of the molecule is CC(C)NC(C#N)(CN1CCS(=O)CC1)c1ccccc1. The summed E-state index contributed by atoms with van der Waals surface area (Å²) in [5.41, 5.74) is 0.279. The van der Waals surface area contributed by atoms with E-state index in [0.29, 0.717) is 18.1 Å². The summed E-state index contributed by atoms with van der Waals surface area (Å²) in [7, 11) is -0.691. The Balaban J connectivity index is 2.23. The van der Waals surface area contributed by atoms with Crippen LogP contribution in [0.1, 0.15) is 19.4 Å². The summed E-state index contributed by atoms with van der Waals surface area (Å²) in [5, 5.41) is 13.3. The highest BCUT2D eigenvalue weighted by Crippen LogP contribution is 2.23. The Morgan fingerprint density at radius 1 is 1.33 bits per heavy atom. The Kier molecular flexibility index (Phi) is 5.51. The molecule has 1 aromatic rings. The molecule has 1 aliphatic rings. The van der Waals surface area contributed by atoms with E-state index in [1.54, 1.807) is 0 Å². The lowest BCUT2D eigenvalue weighted by atomic mass is 9.89. The summed E-state index contributed by atoms with van der Waals surface area (Å²) >= 11 is 0. The highest BCUT2D eigenvalue weighted by Gasteiger charge is 2.35. The summed E-state index contributed by atoms with van der Waals surface area (Å²) in [6.07, 6.45) is 0. The van der Waals surface area contributed by atoms with Gasteiger partial charge in [-0.15, -0.1) is 0 Å². The molecule has 0 radical (unpaired) electrons. The monoisotopic (exact) mass is 305 g/mol. The van der Waals surface area contributed by atoms with Gasteiger partial charge in [0, 0.05) is 48.0 Å².